The Morgan fingerprint density at radius 2 is 2.19 bits per heavy atom. The second-order valence-corrected chi connectivity index (χ2v) is 7.30. The number of carbonyl (C=O) groups excluding carboxylic acids is 1. The Morgan fingerprint density at radius 3 is 3.04 bits per heavy atom. The maximum absolute atomic E-state index is 12.3. The van der Waals surface area contributed by atoms with Crippen LogP contribution in [-0.4, -0.2) is 27.6 Å². The zero-order chi connectivity index (χ0) is 17.5. The second kappa shape index (κ2) is 6.12. The molecule has 1 saturated carbocycles. The van der Waals surface area contributed by atoms with Gasteiger partial charge in [0.05, 0.1) is 0 Å². The van der Waals surface area contributed by atoms with Crippen molar-refractivity contribution >= 4 is 16.8 Å². The minimum atomic E-state index is -0.283. The lowest BCUT2D eigenvalue weighted by Gasteiger charge is -2.17. The quantitative estimate of drug-likeness (QED) is 0.694. The van der Waals surface area contributed by atoms with Gasteiger partial charge in [-0.15, -0.1) is 0 Å². The Bertz CT molecular complexity index is 987. The van der Waals surface area contributed by atoms with Gasteiger partial charge in [-0.3, -0.25) is 4.79 Å². The standard InChI is InChI=1S/C20H20N4O2/c25-19(22-10-14-8-12-5-6-13(14)7-12)20-23-18(24-26-20)9-15-11-21-17-4-2-1-3-16(15)17/h1-6,11-14,21H,7-10H2,(H,22,25). The van der Waals surface area contributed by atoms with Crippen molar-refractivity contribution in [3.05, 3.63) is 59.9 Å². The van der Waals surface area contributed by atoms with Crippen molar-refractivity contribution in [3.8, 4) is 0 Å². The van der Waals surface area contributed by atoms with Gasteiger partial charge in [-0.1, -0.05) is 35.5 Å². The third-order valence-corrected chi connectivity index (χ3v) is 5.63. The molecule has 3 unspecified atom stereocenters. The molecule has 0 radical (unpaired) electrons. The van der Waals surface area contributed by atoms with Crippen LogP contribution in [0.25, 0.3) is 10.9 Å². The summed E-state index contributed by atoms with van der Waals surface area (Å²) in [7, 11) is 0. The monoisotopic (exact) mass is 348 g/mol. The fraction of sp³-hybridized carbons (Fsp3) is 0.350. The highest BCUT2D eigenvalue weighted by Crippen LogP contribution is 2.42. The molecule has 2 aliphatic rings. The van der Waals surface area contributed by atoms with Crippen LogP contribution in [0.1, 0.15) is 34.9 Å². The summed E-state index contributed by atoms with van der Waals surface area (Å²) in [5.41, 5.74) is 2.16. The van der Waals surface area contributed by atoms with Crippen LogP contribution in [0, 0.1) is 17.8 Å². The largest absolute Gasteiger partial charge is 0.361 e. The van der Waals surface area contributed by atoms with Crippen molar-refractivity contribution in [2.45, 2.75) is 19.3 Å². The van der Waals surface area contributed by atoms with Crippen LogP contribution in [0.4, 0.5) is 0 Å². The fourth-order valence-corrected chi connectivity index (χ4v) is 4.29. The molecule has 2 bridgehead atoms. The zero-order valence-corrected chi connectivity index (χ0v) is 14.3. The Balaban J connectivity index is 1.23. The second-order valence-electron chi connectivity index (χ2n) is 7.30. The van der Waals surface area contributed by atoms with E-state index in [1.807, 2.05) is 24.4 Å². The van der Waals surface area contributed by atoms with E-state index in [0.717, 1.165) is 22.9 Å². The van der Waals surface area contributed by atoms with Crippen LogP contribution >= 0.6 is 0 Å². The van der Waals surface area contributed by atoms with Gasteiger partial charge in [0, 0.05) is 30.1 Å². The summed E-state index contributed by atoms with van der Waals surface area (Å²) in [5.74, 6) is 2.12. The maximum Gasteiger partial charge on any atom is 0.315 e. The van der Waals surface area contributed by atoms with Crippen molar-refractivity contribution in [1.29, 1.82) is 0 Å². The zero-order valence-electron chi connectivity index (χ0n) is 14.3. The van der Waals surface area contributed by atoms with E-state index in [-0.39, 0.29) is 11.8 Å². The average molecular weight is 348 g/mol. The number of aromatic amines is 1. The van der Waals surface area contributed by atoms with Crippen molar-refractivity contribution < 1.29 is 9.32 Å². The number of para-hydroxylation sites is 1. The summed E-state index contributed by atoms with van der Waals surface area (Å²) >= 11 is 0. The van der Waals surface area contributed by atoms with E-state index in [1.54, 1.807) is 0 Å². The van der Waals surface area contributed by atoms with E-state index >= 15 is 0 Å². The summed E-state index contributed by atoms with van der Waals surface area (Å²) in [6.07, 6.45) is 9.46. The van der Waals surface area contributed by atoms with E-state index in [4.69, 9.17) is 4.52 Å². The molecule has 3 atom stereocenters. The van der Waals surface area contributed by atoms with E-state index in [0.29, 0.717) is 36.5 Å². The van der Waals surface area contributed by atoms with Crippen LogP contribution in [0.5, 0.6) is 0 Å². The summed E-state index contributed by atoms with van der Waals surface area (Å²) < 4.78 is 5.17. The Hall–Kier alpha value is -2.89. The van der Waals surface area contributed by atoms with Crippen LogP contribution in [-0.2, 0) is 6.42 Å². The Morgan fingerprint density at radius 1 is 1.27 bits per heavy atom. The number of carbonyl (C=O) groups is 1. The number of hydrogen-bond donors (Lipinski definition) is 2. The van der Waals surface area contributed by atoms with Crippen molar-refractivity contribution in [2.24, 2.45) is 17.8 Å². The Labute approximate surface area is 150 Å². The summed E-state index contributed by atoms with van der Waals surface area (Å²) in [6, 6.07) is 8.07. The first-order chi connectivity index (χ1) is 12.8. The van der Waals surface area contributed by atoms with Crippen LogP contribution in [0.3, 0.4) is 0 Å². The molecule has 3 aromatic rings. The number of nitrogens with one attached hydrogen (secondary N) is 2. The highest BCUT2D eigenvalue weighted by molar-refractivity contribution is 5.89. The van der Waals surface area contributed by atoms with E-state index < -0.39 is 0 Å². The van der Waals surface area contributed by atoms with Gasteiger partial charge in [-0.25, -0.2) is 0 Å². The molecule has 0 aliphatic heterocycles. The van der Waals surface area contributed by atoms with Crippen molar-refractivity contribution in [3.63, 3.8) is 0 Å². The molecular formula is C20H20N4O2. The number of fused-ring (bicyclic) bond motifs is 3. The maximum atomic E-state index is 12.3. The molecule has 2 N–H and O–H groups in total. The van der Waals surface area contributed by atoms with Gasteiger partial charge < -0.3 is 14.8 Å². The van der Waals surface area contributed by atoms with Crippen LogP contribution in [0.15, 0.2) is 47.1 Å². The van der Waals surface area contributed by atoms with E-state index in [2.05, 4.69) is 38.7 Å². The van der Waals surface area contributed by atoms with Gasteiger partial charge in [0.15, 0.2) is 5.82 Å². The first kappa shape index (κ1) is 15.4. The number of allylic oxidation sites excluding steroid dienone is 2. The average Bonchev–Trinajstić information content (AvgIpc) is 3.44. The molecule has 6 heteroatoms. The van der Waals surface area contributed by atoms with Crippen LogP contribution < -0.4 is 5.32 Å². The Kier molecular flexibility index (Phi) is 3.62. The predicted molar refractivity (Wildman–Crippen MR) is 96.6 cm³/mol. The number of H-pyrrole nitrogens is 1. The normalized spacial score (nSPS) is 23.8. The van der Waals surface area contributed by atoms with Gasteiger partial charge in [-0.2, -0.15) is 4.98 Å². The summed E-state index contributed by atoms with van der Waals surface area (Å²) in [6.45, 7) is 0.671. The lowest BCUT2D eigenvalue weighted by atomic mass is 9.94. The van der Waals surface area contributed by atoms with Gasteiger partial charge >= 0.3 is 11.8 Å². The van der Waals surface area contributed by atoms with Crippen molar-refractivity contribution in [1.82, 2.24) is 20.4 Å². The minimum absolute atomic E-state index is 0.0403. The molecule has 26 heavy (non-hydrogen) atoms. The number of amides is 1. The molecule has 1 amide bonds. The van der Waals surface area contributed by atoms with Gasteiger partial charge in [0.1, 0.15) is 0 Å². The molecule has 1 fully saturated rings. The van der Waals surface area contributed by atoms with Gasteiger partial charge in [0.2, 0.25) is 0 Å². The molecule has 1 aromatic carbocycles. The summed E-state index contributed by atoms with van der Waals surface area (Å²) in [4.78, 5) is 19.8. The third-order valence-electron chi connectivity index (χ3n) is 5.63. The lowest BCUT2D eigenvalue weighted by Crippen LogP contribution is -2.31. The molecule has 0 spiro atoms. The van der Waals surface area contributed by atoms with Crippen molar-refractivity contribution in [2.75, 3.05) is 6.54 Å². The number of aromatic nitrogens is 3. The SMILES string of the molecule is O=C(NCC1CC2C=CC1C2)c1nc(Cc2c[nH]c3ccccc23)no1. The molecule has 2 heterocycles. The highest BCUT2D eigenvalue weighted by Gasteiger charge is 2.35. The third kappa shape index (κ3) is 2.71. The number of hydrogen-bond acceptors (Lipinski definition) is 4. The number of nitrogens with zero attached hydrogens (tertiary/aromatic N) is 2. The topological polar surface area (TPSA) is 83.8 Å². The smallest absolute Gasteiger partial charge is 0.315 e. The first-order valence-electron chi connectivity index (χ1n) is 9.10. The lowest BCUT2D eigenvalue weighted by molar-refractivity contribution is 0.0901. The number of rotatable bonds is 5. The predicted octanol–water partition coefficient (Wildman–Crippen LogP) is 3.08. The van der Waals surface area contributed by atoms with Crippen LogP contribution in [0.2, 0.25) is 0 Å². The summed E-state index contributed by atoms with van der Waals surface area (Å²) in [5, 5.41) is 8.05. The molecule has 2 aromatic heterocycles. The van der Waals surface area contributed by atoms with Gasteiger partial charge in [-0.05, 0) is 42.2 Å². The molecule has 5 rings (SSSR count). The minimum Gasteiger partial charge on any atom is -0.361 e. The molecule has 6 nitrogen and oxygen atoms in total. The van der Waals surface area contributed by atoms with E-state index in [9.17, 15) is 4.79 Å². The molecule has 0 saturated heterocycles. The molecule has 2 aliphatic carbocycles. The first-order valence-corrected chi connectivity index (χ1v) is 9.10. The molecular weight excluding hydrogens is 328 g/mol. The molecule has 132 valence electrons. The number of benzene rings is 1. The van der Waals surface area contributed by atoms with E-state index in [1.165, 1.54) is 6.42 Å². The highest BCUT2D eigenvalue weighted by atomic mass is 16.5. The van der Waals surface area contributed by atoms with Gasteiger partial charge in [0.25, 0.3) is 0 Å². The fourth-order valence-electron chi connectivity index (χ4n) is 4.29.